The van der Waals surface area contributed by atoms with Crippen LogP contribution in [0.25, 0.3) is 0 Å². The predicted octanol–water partition coefficient (Wildman–Crippen LogP) is 1.26. The van der Waals surface area contributed by atoms with Gasteiger partial charge in [-0.25, -0.2) is 0 Å². The molecule has 2 unspecified atom stereocenters. The Bertz CT molecular complexity index is 359. The van der Waals surface area contributed by atoms with Crippen molar-refractivity contribution in [1.29, 1.82) is 0 Å². The Kier molecular flexibility index (Phi) is 4.02. The number of rotatable bonds is 4. The summed E-state index contributed by atoms with van der Waals surface area (Å²) in [5.74, 6) is 0.820. The Morgan fingerprint density at radius 1 is 1.59 bits per heavy atom. The number of nitrogens with one attached hydrogen (secondary N) is 1. The Hall–Kier alpha value is -1.07. The first-order valence-electron chi connectivity index (χ1n) is 6.12. The molecule has 1 saturated heterocycles. The molecule has 0 spiro atoms. The smallest absolute Gasteiger partial charge is 0.161 e. The second-order valence-electron chi connectivity index (χ2n) is 4.39. The molecule has 0 saturated carbocycles. The number of ether oxygens (including phenoxy) is 2. The van der Waals surface area contributed by atoms with Gasteiger partial charge in [0.2, 0.25) is 0 Å². The van der Waals surface area contributed by atoms with Gasteiger partial charge >= 0.3 is 0 Å². The van der Waals surface area contributed by atoms with Crippen molar-refractivity contribution in [3.63, 3.8) is 0 Å². The average Bonchev–Trinajstić information content (AvgIpc) is 2.74. The summed E-state index contributed by atoms with van der Waals surface area (Å²) in [6, 6.07) is 0.137. The molecule has 96 valence electrons. The zero-order chi connectivity index (χ0) is 12.3. The van der Waals surface area contributed by atoms with Gasteiger partial charge in [0.05, 0.1) is 31.1 Å². The predicted molar refractivity (Wildman–Crippen MR) is 65.2 cm³/mol. The molecule has 1 aromatic rings. The maximum atomic E-state index is 5.85. The zero-order valence-electron chi connectivity index (χ0n) is 10.8. The van der Waals surface area contributed by atoms with E-state index in [1.165, 1.54) is 6.42 Å². The van der Waals surface area contributed by atoms with Crippen molar-refractivity contribution in [2.45, 2.75) is 31.4 Å². The number of hydrogen-bond donors (Lipinski definition) is 1. The molecule has 1 aliphatic rings. The molecule has 0 bridgehead atoms. The SMILES string of the molecule is CNC(c1c(OC)cnn1C)C1CCCCO1. The van der Waals surface area contributed by atoms with Crippen molar-refractivity contribution in [1.82, 2.24) is 15.1 Å². The number of methoxy groups -OCH3 is 1. The Balaban J connectivity index is 2.23. The van der Waals surface area contributed by atoms with Crippen molar-refractivity contribution >= 4 is 0 Å². The summed E-state index contributed by atoms with van der Waals surface area (Å²) in [7, 11) is 5.56. The summed E-state index contributed by atoms with van der Waals surface area (Å²) in [5.41, 5.74) is 1.06. The van der Waals surface area contributed by atoms with E-state index in [9.17, 15) is 0 Å². The molecule has 0 aliphatic carbocycles. The molecular weight excluding hydrogens is 218 g/mol. The highest BCUT2D eigenvalue weighted by Crippen LogP contribution is 2.31. The first kappa shape index (κ1) is 12.4. The summed E-state index contributed by atoms with van der Waals surface area (Å²) >= 11 is 0. The third kappa shape index (κ3) is 2.45. The highest BCUT2D eigenvalue weighted by atomic mass is 16.5. The lowest BCUT2D eigenvalue weighted by atomic mass is 9.99. The minimum atomic E-state index is 0.137. The summed E-state index contributed by atoms with van der Waals surface area (Å²) in [6.45, 7) is 0.850. The van der Waals surface area contributed by atoms with Gasteiger partial charge in [-0.05, 0) is 26.3 Å². The minimum absolute atomic E-state index is 0.137. The number of hydrogen-bond acceptors (Lipinski definition) is 4. The van der Waals surface area contributed by atoms with Crippen LogP contribution in [-0.4, -0.2) is 36.6 Å². The van der Waals surface area contributed by atoms with Gasteiger partial charge in [-0.3, -0.25) is 4.68 Å². The fourth-order valence-electron chi connectivity index (χ4n) is 2.47. The van der Waals surface area contributed by atoms with Crippen LogP contribution in [0.3, 0.4) is 0 Å². The van der Waals surface area contributed by atoms with Gasteiger partial charge in [0.1, 0.15) is 0 Å². The van der Waals surface area contributed by atoms with Crippen molar-refractivity contribution in [3.05, 3.63) is 11.9 Å². The first-order chi connectivity index (χ1) is 8.27. The van der Waals surface area contributed by atoms with Crippen molar-refractivity contribution in [2.24, 2.45) is 7.05 Å². The summed E-state index contributed by atoms with van der Waals surface area (Å²) in [5, 5.41) is 7.57. The van der Waals surface area contributed by atoms with E-state index in [0.29, 0.717) is 0 Å². The summed E-state index contributed by atoms with van der Waals surface area (Å²) in [4.78, 5) is 0. The van der Waals surface area contributed by atoms with Crippen LogP contribution in [0.1, 0.15) is 31.0 Å². The van der Waals surface area contributed by atoms with Crippen LogP contribution in [0, 0.1) is 0 Å². The highest BCUT2D eigenvalue weighted by Gasteiger charge is 2.29. The van der Waals surface area contributed by atoms with Crippen LogP contribution in [0.2, 0.25) is 0 Å². The topological polar surface area (TPSA) is 48.3 Å². The molecule has 17 heavy (non-hydrogen) atoms. The molecule has 1 aliphatic heterocycles. The average molecular weight is 239 g/mol. The zero-order valence-corrected chi connectivity index (χ0v) is 10.8. The van der Waals surface area contributed by atoms with Gasteiger partial charge < -0.3 is 14.8 Å². The van der Waals surface area contributed by atoms with E-state index in [2.05, 4.69) is 10.4 Å². The molecule has 5 nitrogen and oxygen atoms in total. The second-order valence-corrected chi connectivity index (χ2v) is 4.39. The van der Waals surface area contributed by atoms with E-state index >= 15 is 0 Å². The fourth-order valence-corrected chi connectivity index (χ4v) is 2.47. The molecule has 1 aromatic heterocycles. The third-order valence-corrected chi connectivity index (χ3v) is 3.36. The Labute approximate surface area is 102 Å². The van der Waals surface area contributed by atoms with Crippen molar-refractivity contribution < 1.29 is 9.47 Å². The number of likely N-dealkylation sites (N-methyl/N-ethyl adjacent to an activating group) is 1. The first-order valence-corrected chi connectivity index (χ1v) is 6.12. The van der Waals surface area contributed by atoms with Gasteiger partial charge in [0.15, 0.2) is 5.75 Å². The van der Waals surface area contributed by atoms with Crippen molar-refractivity contribution in [3.8, 4) is 5.75 Å². The Morgan fingerprint density at radius 3 is 3.00 bits per heavy atom. The fraction of sp³-hybridized carbons (Fsp3) is 0.750. The van der Waals surface area contributed by atoms with E-state index in [-0.39, 0.29) is 12.1 Å². The van der Waals surface area contributed by atoms with Crippen molar-refractivity contribution in [2.75, 3.05) is 20.8 Å². The number of aromatic nitrogens is 2. The molecular formula is C12H21N3O2. The van der Waals surface area contributed by atoms with E-state index in [1.54, 1.807) is 13.3 Å². The molecule has 2 atom stereocenters. The maximum Gasteiger partial charge on any atom is 0.161 e. The lowest BCUT2D eigenvalue weighted by molar-refractivity contribution is -0.00867. The normalized spacial score (nSPS) is 22.4. The molecule has 2 heterocycles. The molecule has 0 aromatic carbocycles. The largest absolute Gasteiger partial charge is 0.493 e. The number of aryl methyl sites for hydroxylation is 1. The van der Waals surface area contributed by atoms with Crippen LogP contribution < -0.4 is 10.1 Å². The van der Waals surface area contributed by atoms with Crippen LogP contribution >= 0.6 is 0 Å². The van der Waals surface area contributed by atoms with Gasteiger partial charge in [0.25, 0.3) is 0 Å². The van der Waals surface area contributed by atoms with Crippen LogP contribution in [0.15, 0.2) is 6.20 Å². The molecule has 1 fully saturated rings. The monoisotopic (exact) mass is 239 g/mol. The highest BCUT2D eigenvalue weighted by molar-refractivity contribution is 5.29. The Morgan fingerprint density at radius 2 is 2.41 bits per heavy atom. The quantitative estimate of drug-likeness (QED) is 0.859. The molecule has 1 N–H and O–H groups in total. The van der Waals surface area contributed by atoms with Crippen LogP contribution in [-0.2, 0) is 11.8 Å². The van der Waals surface area contributed by atoms with Crippen LogP contribution in [0.5, 0.6) is 5.75 Å². The van der Waals surface area contributed by atoms with Gasteiger partial charge in [-0.1, -0.05) is 0 Å². The minimum Gasteiger partial charge on any atom is -0.493 e. The third-order valence-electron chi connectivity index (χ3n) is 3.36. The van der Waals surface area contributed by atoms with E-state index in [4.69, 9.17) is 9.47 Å². The van der Waals surface area contributed by atoms with Gasteiger partial charge in [-0.2, -0.15) is 5.10 Å². The standard InChI is InChI=1S/C12H21N3O2/c1-13-11(9-6-4-5-7-17-9)12-10(16-3)8-14-15(12)2/h8-9,11,13H,4-7H2,1-3H3. The number of nitrogens with zero attached hydrogens (tertiary/aromatic N) is 2. The lowest BCUT2D eigenvalue weighted by Crippen LogP contribution is -2.35. The molecule has 0 radical (unpaired) electrons. The van der Waals surface area contributed by atoms with Gasteiger partial charge in [0, 0.05) is 13.7 Å². The second kappa shape index (κ2) is 5.51. The summed E-state index contributed by atoms with van der Waals surface area (Å²) in [6.07, 6.45) is 5.43. The van der Waals surface area contributed by atoms with E-state index in [0.717, 1.165) is 30.9 Å². The van der Waals surface area contributed by atoms with Crippen LogP contribution in [0.4, 0.5) is 0 Å². The van der Waals surface area contributed by atoms with Gasteiger partial charge in [-0.15, -0.1) is 0 Å². The van der Waals surface area contributed by atoms with E-state index in [1.807, 2.05) is 18.8 Å². The van der Waals surface area contributed by atoms with E-state index < -0.39 is 0 Å². The molecule has 2 rings (SSSR count). The maximum absolute atomic E-state index is 5.85. The molecule has 0 amide bonds. The molecule has 5 heteroatoms. The summed E-state index contributed by atoms with van der Waals surface area (Å²) < 4.78 is 13.1. The lowest BCUT2D eigenvalue weighted by Gasteiger charge is -2.30.